The van der Waals surface area contributed by atoms with Crippen molar-refractivity contribution in [2.24, 2.45) is 0 Å². The summed E-state index contributed by atoms with van der Waals surface area (Å²) in [5.74, 6) is -1.34. The normalized spacial score (nSPS) is 10.6. The van der Waals surface area contributed by atoms with Gasteiger partial charge < -0.3 is 10.1 Å². The molecule has 1 aromatic carbocycles. The van der Waals surface area contributed by atoms with Crippen molar-refractivity contribution in [1.82, 2.24) is 10.2 Å². The number of non-ortho nitro benzene ring substituents is 1. The molecule has 0 atom stereocenters. The van der Waals surface area contributed by atoms with Crippen molar-refractivity contribution in [1.29, 1.82) is 0 Å². The average molecular weight is 367 g/mol. The number of rotatable bonds is 6. The number of aromatic nitrogens is 2. The van der Waals surface area contributed by atoms with Gasteiger partial charge in [-0.05, 0) is 12.0 Å². The number of nitro groups is 1. The summed E-state index contributed by atoms with van der Waals surface area (Å²) in [4.78, 5) is 34.1. The monoisotopic (exact) mass is 366 g/mol. The lowest BCUT2D eigenvalue weighted by atomic mass is 10.1. The van der Waals surface area contributed by atoms with E-state index in [0.29, 0.717) is 5.69 Å². The Hall–Kier alpha value is -2.94. The Labute approximate surface area is 147 Å². The maximum atomic E-state index is 12.0. The number of nitrogens with zero attached hydrogens (tertiary/aromatic N) is 2. The van der Waals surface area contributed by atoms with Crippen molar-refractivity contribution in [2.45, 2.75) is 19.8 Å². The van der Waals surface area contributed by atoms with E-state index in [1.165, 1.54) is 18.3 Å². The quantitative estimate of drug-likeness (QED) is 0.459. The van der Waals surface area contributed by atoms with E-state index in [4.69, 9.17) is 16.3 Å². The summed E-state index contributed by atoms with van der Waals surface area (Å²) in [5.41, 5.74) is 0.683. The molecular weight excluding hydrogens is 352 g/mol. The fraction of sp³-hybridized carbons (Fsp3) is 0.267. The molecule has 132 valence electrons. The number of ether oxygens (including phenoxy) is 1. The van der Waals surface area contributed by atoms with Crippen molar-refractivity contribution in [3.63, 3.8) is 0 Å². The zero-order valence-corrected chi connectivity index (χ0v) is 14.2. The van der Waals surface area contributed by atoms with Gasteiger partial charge in [-0.25, -0.2) is 4.79 Å². The van der Waals surface area contributed by atoms with Gasteiger partial charge in [-0.2, -0.15) is 5.10 Å². The molecule has 0 spiro atoms. The highest BCUT2D eigenvalue weighted by Gasteiger charge is 2.19. The lowest BCUT2D eigenvalue weighted by Gasteiger charge is -2.09. The number of hydrogen-bond acceptors (Lipinski definition) is 6. The van der Waals surface area contributed by atoms with Crippen LogP contribution in [0, 0.1) is 10.1 Å². The molecule has 0 saturated carbocycles. The summed E-state index contributed by atoms with van der Waals surface area (Å²) in [6, 6.07) is 3.63. The molecule has 0 unspecified atom stereocenters. The molecule has 0 fully saturated rings. The number of carbonyl (C=O) groups excluding carboxylic acids is 2. The van der Waals surface area contributed by atoms with Gasteiger partial charge in [0.15, 0.2) is 6.61 Å². The number of H-pyrrole nitrogens is 1. The number of aromatic amines is 1. The largest absolute Gasteiger partial charge is 0.452 e. The Morgan fingerprint density at radius 2 is 2.16 bits per heavy atom. The average Bonchev–Trinajstić information content (AvgIpc) is 3.04. The Bertz CT molecular complexity index is 818. The number of halogens is 1. The Morgan fingerprint density at radius 3 is 2.80 bits per heavy atom. The number of nitro benzene ring substituents is 1. The minimum absolute atomic E-state index is 0.0301. The van der Waals surface area contributed by atoms with Gasteiger partial charge in [0, 0.05) is 12.1 Å². The first kappa shape index (κ1) is 18.4. The number of anilines is 1. The second-order valence-corrected chi connectivity index (χ2v) is 5.80. The molecule has 0 bridgehead atoms. The SMILES string of the molecule is CC(C)c1[nH]ncc1C(=O)OCC(=O)Nc1cc([N+](=O)[O-])ccc1Cl. The number of hydrogen-bond donors (Lipinski definition) is 2. The molecule has 1 aromatic heterocycles. The Balaban J connectivity index is 1.99. The number of amides is 1. The highest BCUT2D eigenvalue weighted by atomic mass is 35.5. The molecule has 9 nitrogen and oxygen atoms in total. The third-order valence-corrected chi connectivity index (χ3v) is 3.56. The van der Waals surface area contributed by atoms with Gasteiger partial charge in [-0.15, -0.1) is 0 Å². The molecule has 10 heteroatoms. The van der Waals surface area contributed by atoms with Crippen molar-refractivity contribution >= 4 is 34.9 Å². The van der Waals surface area contributed by atoms with Crippen LogP contribution in [0.15, 0.2) is 24.4 Å². The summed E-state index contributed by atoms with van der Waals surface area (Å²) in [6.45, 7) is 3.18. The second-order valence-electron chi connectivity index (χ2n) is 5.40. The molecule has 0 saturated heterocycles. The molecule has 0 aliphatic rings. The van der Waals surface area contributed by atoms with Crippen LogP contribution in [0.4, 0.5) is 11.4 Å². The molecule has 1 amide bonds. The Morgan fingerprint density at radius 1 is 1.44 bits per heavy atom. The molecule has 1 heterocycles. The van der Waals surface area contributed by atoms with Gasteiger partial charge in [-0.3, -0.25) is 20.0 Å². The lowest BCUT2D eigenvalue weighted by molar-refractivity contribution is -0.384. The summed E-state index contributed by atoms with van der Waals surface area (Å²) < 4.78 is 4.94. The molecule has 2 rings (SSSR count). The van der Waals surface area contributed by atoms with E-state index in [0.717, 1.165) is 6.07 Å². The van der Waals surface area contributed by atoms with Gasteiger partial charge in [0.25, 0.3) is 11.6 Å². The molecule has 2 N–H and O–H groups in total. The van der Waals surface area contributed by atoms with Crippen LogP contribution in [0.2, 0.25) is 5.02 Å². The zero-order chi connectivity index (χ0) is 18.6. The highest BCUT2D eigenvalue weighted by Crippen LogP contribution is 2.26. The van der Waals surface area contributed by atoms with E-state index in [1.807, 2.05) is 13.8 Å². The van der Waals surface area contributed by atoms with Crippen LogP contribution >= 0.6 is 11.6 Å². The summed E-state index contributed by atoms with van der Waals surface area (Å²) in [7, 11) is 0. The van der Waals surface area contributed by atoms with E-state index in [2.05, 4.69) is 15.5 Å². The highest BCUT2D eigenvalue weighted by molar-refractivity contribution is 6.33. The number of nitrogens with one attached hydrogen (secondary N) is 2. The molecule has 0 aliphatic carbocycles. The number of esters is 1. The first-order chi connectivity index (χ1) is 11.8. The second kappa shape index (κ2) is 7.75. The molecule has 25 heavy (non-hydrogen) atoms. The fourth-order valence-electron chi connectivity index (χ4n) is 2.02. The molecule has 0 radical (unpaired) electrons. The van der Waals surface area contributed by atoms with Crippen LogP contribution in [-0.2, 0) is 9.53 Å². The van der Waals surface area contributed by atoms with Crippen molar-refractivity contribution in [2.75, 3.05) is 11.9 Å². The van der Waals surface area contributed by atoms with Crippen LogP contribution in [0.5, 0.6) is 0 Å². The van der Waals surface area contributed by atoms with E-state index < -0.39 is 23.4 Å². The van der Waals surface area contributed by atoms with Gasteiger partial charge >= 0.3 is 5.97 Å². The van der Waals surface area contributed by atoms with Crippen LogP contribution in [0.1, 0.15) is 35.8 Å². The first-order valence-corrected chi connectivity index (χ1v) is 7.61. The van der Waals surface area contributed by atoms with Crippen molar-refractivity contribution < 1.29 is 19.2 Å². The smallest absolute Gasteiger partial charge is 0.342 e. The van der Waals surface area contributed by atoms with Crippen LogP contribution in [0.3, 0.4) is 0 Å². The summed E-state index contributed by atoms with van der Waals surface area (Å²) in [5, 5.41) is 19.7. The van der Waals surface area contributed by atoms with Gasteiger partial charge in [-0.1, -0.05) is 25.4 Å². The Kier molecular flexibility index (Phi) is 5.71. The van der Waals surface area contributed by atoms with Crippen molar-refractivity contribution in [3.05, 3.63) is 50.8 Å². The van der Waals surface area contributed by atoms with E-state index in [1.54, 1.807) is 0 Å². The predicted octanol–water partition coefficient (Wildman–Crippen LogP) is 2.89. The van der Waals surface area contributed by atoms with E-state index >= 15 is 0 Å². The topological polar surface area (TPSA) is 127 Å². The van der Waals surface area contributed by atoms with Gasteiger partial charge in [0.2, 0.25) is 0 Å². The number of benzene rings is 1. The predicted molar refractivity (Wildman–Crippen MR) is 89.7 cm³/mol. The molecule has 2 aromatic rings. The van der Waals surface area contributed by atoms with E-state index in [9.17, 15) is 19.7 Å². The standard InChI is InChI=1S/C15H15ClN4O5/c1-8(2)14-10(6-17-19-14)15(22)25-7-13(21)18-12-5-9(20(23)24)3-4-11(12)16/h3-6,8H,7H2,1-2H3,(H,17,19)(H,18,21). The molecule has 0 aliphatic heterocycles. The summed E-state index contributed by atoms with van der Waals surface area (Å²) in [6.07, 6.45) is 1.33. The number of carbonyl (C=O) groups is 2. The maximum Gasteiger partial charge on any atom is 0.342 e. The lowest BCUT2D eigenvalue weighted by Crippen LogP contribution is -2.21. The van der Waals surface area contributed by atoms with Crippen LogP contribution < -0.4 is 5.32 Å². The molecular formula is C15H15ClN4O5. The minimum atomic E-state index is -0.697. The third-order valence-electron chi connectivity index (χ3n) is 3.24. The fourth-order valence-corrected chi connectivity index (χ4v) is 2.18. The maximum absolute atomic E-state index is 12.0. The van der Waals surface area contributed by atoms with Crippen LogP contribution in [0.25, 0.3) is 0 Å². The van der Waals surface area contributed by atoms with Gasteiger partial charge in [0.05, 0.1) is 27.5 Å². The minimum Gasteiger partial charge on any atom is -0.452 e. The van der Waals surface area contributed by atoms with Gasteiger partial charge in [0.1, 0.15) is 5.56 Å². The first-order valence-electron chi connectivity index (χ1n) is 7.23. The van der Waals surface area contributed by atoms with E-state index in [-0.39, 0.29) is 27.9 Å². The van der Waals surface area contributed by atoms with Crippen molar-refractivity contribution in [3.8, 4) is 0 Å². The third kappa shape index (κ3) is 4.54. The zero-order valence-electron chi connectivity index (χ0n) is 13.4. The van der Waals surface area contributed by atoms with Crippen LogP contribution in [-0.4, -0.2) is 33.6 Å². The summed E-state index contributed by atoms with van der Waals surface area (Å²) >= 11 is 5.89.